The average Bonchev–Trinajstić information content (AvgIpc) is 2.78. The van der Waals surface area contributed by atoms with E-state index in [9.17, 15) is 4.79 Å². The lowest BCUT2D eigenvalue weighted by Crippen LogP contribution is -2.26. The summed E-state index contributed by atoms with van der Waals surface area (Å²) in [5.41, 5.74) is 2.41. The molecule has 0 aliphatic heterocycles. The van der Waals surface area contributed by atoms with Gasteiger partial charge in [-0.3, -0.25) is 4.79 Å². The van der Waals surface area contributed by atoms with E-state index in [0.717, 1.165) is 29.0 Å². The summed E-state index contributed by atoms with van der Waals surface area (Å²) in [5.74, 6) is 1.75. The van der Waals surface area contributed by atoms with Crippen LogP contribution in [0, 0.1) is 0 Å². The third-order valence-corrected chi connectivity index (χ3v) is 4.38. The topological polar surface area (TPSA) is 85.4 Å². The Labute approximate surface area is 170 Å². The molecule has 0 aliphatic carbocycles. The van der Waals surface area contributed by atoms with E-state index in [1.165, 1.54) is 0 Å². The first-order valence-electron chi connectivity index (χ1n) is 9.29. The van der Waals surface area contributed by atoms with Crippen molar-refractivity contribution in [3.63, 3.8) is 0 Å². The zero-order chi connectivity index (χ0) is 20.5. The zero-order valence-corrected chi connectivity index (χ0v) is 16.5. The molecule has 0 saturated heterocycles. The number of aromatic nitrogens is 2. The highest BCUT2D eigenvalue weighted by molar-refractivity contribution is 5.92. The Balaban J connectivity index is 1.53. The first-order chi connectivity index (χ1) is 14.2. The van der Waals surface area contributed by atoms with Gasteiger partial charge in [0.25, 0.3) is 5.91 Å². The van der Waals surface area contributed by atoms with Crippen LogP contribution in [0.5, 0.6) is 11.5 Å². The van der Waals surface area contributed by atoms with Gasteiger partial charge in [-0.2, -0.15) is 0 Å². The number of para-hydroxylation sites is 1. The number of carbonyl (C=O) groups excluding carboxylic acids is 1. The van der Waals surface area contributed by atoms with Crippen LogP contribution < -0.4 is 20.1 Å². The molecule has 0 atom stereocenters. The van der Waals surface area contributed by atoms with Crippen molar-refractivity contribution in [2.75, 3.05) is 26.1 Å². The molecule has 0 spiro atoms. The van der Waals surface area contributed by atoms with Crippen LogP contribution in [0.25, 0.3) is 0 Å². The number of methoxy groups -OCH3 is 2. The molecular formula is C22H24N4O3. The molecule has 29 heavy (non-hydrogen) atoms. The van der Waals surface area contributed by atoms with Gasteiger partial charge in [0, 0.05) is 24.8 Å². The number of nitrogens with one attached hydrogen (secondary N) is 2. The quantitative estimate of drug-likeness (QED) is 0.582. The molecule has 1 heterocycles. The van der Waals surface area contributed by atoms with Crippen molar-refractivity contribution in [2.45, 2.75) is 13.0 Å². The SMILES string of the molecule is COc1ccc(CCNC(=O)c2ccnc(NCc3ccccc3OC)n2)cc1. The molecule has 0 aliphatic rings. The molecule has 7 nitrogen and oxygen atoms in total. The van der Waals surface area contributed by atoms with Crippen LogP contribution in [0.15, 0.2) is 60.8 Å². The number of hydrogen-bond acceptors (Lipinski definition) is 6. The molecule has 0 radical (unpaired) electrons. The van der Waals surface area contributed by atoms with Crippen LogP contribution in [-0.2, 0) is 13.0 Å². The van der Waals surface area contributed by atoms with Crippen LogP contribution >= 0.6 is 0 Å². The smallest absolute Gasteiger partial charge is 0.270 e. The van der Waals surface area contributed by atoms with E-state index < -0.39 is 0 Å². The fraction of sp³-hybridized carbons (Fsp3) is 0.227. The van der Waals surface area contributed by atoms with Crippen molar-refractivity contribution >= 4 is 11.9 Å². The van der Waals surface area contributed by atoms with Crippen molar-refractivity contribution in [1.29, 1.82) is 0 Å². The third-order valence-electron chi connectivity index (χ3n) is 4.38. The number of rotatable bonds is 9. The fourth-order valence-corrected chi connectivity index (χ4v) is 2.80. The summed E-state index contributed by atoms with van der Waals surface area (Å²) < 4.78 is 10.5. The molecular weight excluding hydrogens is 368 g/mol. The van der Waals surface area contributed by atoms with Gasteiger partial charge >= 0.3 is 0 Å². The number of amides is 1. The Hall–Kier alpha value is -3.61. The maximum Gasteiger partial charge on any atom is 0.270 e. The fourth-order valence-electron chi connectivity index (χ4n) is 2.80. The van der Waals surface area contributed by atoms with Crippen molar-refractivity contribution in [3.8, 4) is 11.5 Å². The summed E-state index contributed by atoms with van der Waals surface area (Å²) in [6.45, 7) is 1.01. The van der Waals surface area contributed by atoms with Crippen molar-refractivity contribution in [3.05, 3.63) is 77.6 Å². The number of nitrogens with zero attached hydrogens (tertiary/aromatic N) is 2. The minimum atomic E-state index is -0.235. The van der Waals surface area contributed by atoms with Crippen molar-refractivity contribution in [1.82, 2.24) is 15.3 Å². The van der Waals surface area contributed by atoms with Gasteiger partial charge in [-0.15, -0.1) is 0 Å². The second-order valence-corrected chi connectivity index (χ2v) is 6.28. The zero-order valence-electron chi connectivity index (χ0n) is 16.5. The maximum atomic E-state index is 12.4. The van der Waals surface area contributed by atoms with Gasteiger partial charge in [-0.25, -0.2) is 9.97 Å². The van der Waals surface area contributed by atoms with E-state index in [4.69, 9.17) is 9.47 Å². The number of carbonyl (C=O) groups is 1. The van der Waals surface area contributed by atoms with Gasteiger partial charge in [0.1, 0.15) is 17.2 Å². The van der Waals surface area contributed by atoms with Gasteiger partial charge in [0.2, 0.25) is 5.95 Å². The predicted molar refractivity (Wildman–Crippen MR) is 111 cm³/mol. The Bertz CT molecular complexity index is 945. The molecule has 2 N–H and O–H groups in total. The van der Waals surface area contributed by atoms with E-state index in [2.05, 4.69) is 20.6 Å². The van der Waals surface area contributed by atoms with Crippen LogP contribution in [0.2, 0.25) is 0 Å². The molecule has 0 bridgehead atoms. The molecule has 7 heteroatoms. The van der Waals surface area contributed by atoms with E-state index in [1.807, 2.05) is 48.5 Å². The van der Waals surface area contributed by atoms with E-state index in [0.29, 0.717) is 24.7 Å². The molecule has 150 valence electrons. The molecule has 0 unspecified atom stereocenters. The van der Waals surface area contributed by atoms with E-state index in [1.54, 1.807) is 26.5 Å². The Morgan fingerprint density at radius 2 is 1.79 bits per heavy atom. The standard InChI is InChI=1S/C22H24N4O3/c1-28-18-9-7-16(8-10-18)11-13-23-21(27)19-12-14-24-22(26-19)25-15-17-5-3-4-6-20(17)29-2/h3-10,12,14H,11,13,15H2,1-2H3,(H,23,27)(H,24,25,26). The largest absolute Gasteiger partial charge is 0.497 e. The molecule has 1 amide bonds. The van der Waals surface area contributed by atoms with E-state index >= 15 is 0 Å². The van der Waals surface area contributed by atoms with Crippen LogP contribution in [0.3, 0.4) is 0 Å². The van der Waals surface area contributed by atoms with Gasteiger partial charge in [-0.1, -0.05) is 30.3 Å². The number of benzene rings is 2. The average molecular weight is 392 g/mol. The minimum absolute atomic E-state index is 0.235. The second kappa shape index (κ2) is 10.1. The van der Waals surface area contributed by atoms with E-state index in [-0.39, 0.29) is 5.91 Å². The second-order valence-electron chi connectivity index (χ2n) is 6.28. The number of anilines is 1. The lowest BCUT2D eigenvalue weighted by molar-refractivity contribution is 0.0949. The van der Waals surface area contributed by atoms with Crippen molar-refractivity contribution in [2.24, 2.45) is 0 Å². The number of ether oxygens (including phenoxy) is 2. The molecule has 0 fully saturated rings. The monoisotopic (exact) mass is 392 g/mol. The summed E-state index contributed by atoms with van der Waals surface area (Å²) in [4.78, 5) is 20.9. The van der Waals surface area contributed by atoms with Crippen LogP contribution in [0.1, 0.15) is 21.6 Å². The lowest BCUT2D eigenvalue weighted by Gasteiger charge is -2.10. The molecule has 2 aromatic carbocycles. The highest BCUT2D eigenvalue weighted by atomic mass is 16.5. The number of hydrogen-bond donors (Lipinski definition) is 2. The Morgan fingerprint density at radius 1 is 1.00 bits per heavy atom. The minimum Gasteiger partial charge on any atom is -0.497 e. The summed E-state index contributed by atoms with van der Waals surface area (Å²) in [5, 5.41) is 6.02. The molecule has 3 rings (SSSR count). The summed E-state index contributed by atoms with van der Waals surface area (Å²) in [7, 11) is 3.27. The third kappa shape index (κ3) is 5.68. The van der Waals surface area contributed by atoms with Gasteiger partial charge in [-0.05, 0) is 36.2 Å². The molecule has 0 saturated carbocycles. The Kier molecular flexibility index (Phi) is 7.00. The normalized spacial score (nSPS) is 10.3. The van der Waals surface area contributed by atoms with Crippen LogP contribution in [-0.4, -0.2) is 36.6 Å². The predicted octanol–water partition coefficient (Wildman–Crippen LogP) is 3.08. The van der Waals surface area contributed by atoms with Gasteiger partial charge < -0.3 is 20.1 Å². The highest BCUT2D eigenvalue weighted by Gasteiger charge is 2.09. The van der Waals surface area contributed by atoms with Crippen molar-refractivity contribution < 1.29 is 14.3 Å². The maximum absolute atomic E-state index is 12.4. The van der Waals surface area contributed by atoms with Gasteiger partial charge in [0.15, 0.2) is 0 Å². The first-order valence-corrected chi connectivity index (χ1v) is 9.29. The molecule has 1 aromatic heterocycles. The van der Waals surface area contributed by atoms with Crippen LogP contribution in [0.4, 0.5) is 5.95 Å². The lowest BCUT2D eigenvalue weighted by atomic mass is 10.1. The first kappa shape index (κ1) is 20.1. The Morgan fingerprint density at radius 3 is 2.55 bits per heavy atom. The van der Waals surface area contributed by atoms with Gasteiger partial charge in [0.05, 0.1) is 14.2 Å². The highest BCUT2D eigenvalue weighted by Crippen LogP contribution is 2.18. The summed E-state index contributed by atoms with van der Waals surface area (Å²) in [6.07, 6.45) is 2.29. The summed E-state index contributed by atoms with van der Waals surface area (Å²) in [6, 6.07) is 17.1. The molecule has 3 aromatic rings. The summed E-state index contributed by atoms with van der Waals surface area (Å²) >= 11 is 0.